The molecule has 184 valence electrons. The number of aliphatic hydroxyl groups excluding tert-OH is 1. The fourth-order valence-electron chi connectivity index (χ4n) is 4.42. The van der Waals surface area contributed by atoms with Gasteiger partial charge in [-0.2, -0.15) is 13.2 Å². The van der Waals surface area contributed by atoms with Crippen LogP contribution >= 0.6 is 0 Å². The van der Waals surface area contributed by atoms with Crippen molar-refractivity contribution in [1.82, 2.24) is 20.5 Å². The third-order valence-corrected chi connectivity index (χ3v) is 6.27. The summed E-state index contributed by atoms with van der Waals surface area (Å²) in [4.78, 5) is 18.1. The molecule has 0 aliphatic carbocycles. The van der Waals surface area contributed by atoms with E-state index in [0.29, 0.717) is 44.5 Å². The molecule has 3 heterocycles. The van der Waals surface area contributed by atoms with Gasteiger partial charge in [0, 0.05) is 50.0 Å². The van der Waals surface area contributed by atoms with Gasteiger partial charge in [-0.3, -0.25) is 9.69 Å². The second kappa shape index (κ2) is 10.7. The van der Waals surface area contributed by atoms with Crippen molar-refractivity contribution < 1.29 is 27.8 Å². The van der Waals surface area contributed by atoms with Crippen molar-refractivity contribution in [2.45, 2.75) is 50.2 Å². The maximum Gasteiger partial charge on any atom is 0.401 e. The number of carbonyl (C=O) groups is 1. The van der Waals surface area contributed by atoms with Crippen LogP contribution in [0.1, 0.15) is 34.3 Å². The van der Waals surface area contributed by atoms with Gasteiger partial charge in [0.1, 0.15) is 6.10 Å². The molecule has 1 amide bonds. The molecule has 1 aromatic carbocycles. The van der Waals surface area contributed by atoms with Gasteiger partial charge in [0.05, 0.1) is 12.6 Å². The standard InChI is InChI=1S/C24H29F3N4O3/c25-24(26,27)15-31-9-6-19(7-10-31)34-22-12-17(5-8-28-22)23(33)30-14-21(32)20-11-16-3-1-2-4-18(16)13-29-20/h1-5,8,12,19-21,29,32H,6-7,9-11,13-15H2,(H,30,33). The van der Waals surface area contributed by atoms with E-state index in [1.165, 1.54) is 28.3 Å². The molecule has 2 aromatic rings. The smallest absolute Gasteiger partial charge is 0.401 e. The average Bonchev–Trinajstić information content (AvgIpc) is 2.82. The second-order valence-corrected chi connectivity index (χ2v) is 8.83. The number of aliphatic hydroxyl groups is 1. The van der Waals surface area contributed by atoms with E-state index in [1.807, 2.05) is 18.2 Å². The fraction of sp³-hybridized carbons (Fsp3) is 0.500. The minimum Gasteiger partial charge on any atom is -0.474 e. The SMILES string of the molecule is O=C(NCC(O)C1Cc2ccccc2CN1)c1ccnc(OC2CCN(CC(F)(F)F)CC2)c1. The van der Waals surface area contributed by atoms with Crippen LogP contribution in [0.15, 0.2) is 42.6 Å². The van der Waals surface area contributed by atoms with E-state index < -0.39 is 18.8 Å². The van der Waals surface area contributed by atoms with E-state index in [1.54, 1.807) is 6.07 Å². The number of aromatic nitrogens is 1. The Labute approximate surface area is 196 Å². The van der Waals surface area contributed by atoms with Crippen LogP contribution in [0.2, 0.25) is 0 Å². The van der Waals surface area contributed by atoms with Crippen LogP contribution in [0.25, 0.3) is 0 Å². The van der Waals surface area contributed by atoms with Gasteiger partial charge in [-0.15, -0.1) is 0 Å². The summed E-state index contributed by atoms with van der Waals surface area (Å²) in [6, 6.07) is 11.0. The number of nitrogens with one attached hydrogen (secondary N) is 2. The summed E-state index contributed by atoms with van der Waals surface area (Å²) in [6.07, 6.45) is -2.16. The van der Waals surface area contributed by atoms with E-state index in [-0.39, 0.29) is 30.5 Å². The van der Waals surface area contributed by atoms with Gasteiger partial charge in [-0.1, -0.05) is 24.3 Å². The largest absolute Gasteiger partial charge is 0.474 e. The molecule has 0 radical (unpaired) electrons. The summed E-state index contributed by atoms with van der Waals surface area (Å²) in [7, 11) is 0. The van der Waals surface area contributed by atoms with Crippen LogP contribution in [-0.4, -0.2) is 71.5 Å². The molecule has 1 fully saturated rings. The first-order chi connectivity index (χ1) is 16.3. The van der Waals surface area contributed by atoms with E-state index in [0.717, 1.165) is 0 Å². The van der Waals surface area contributed by atoms with Crippen molar-refractivity contribution in [3.05, 3.63) is 59.3 Å². The summed E-state index contributed by atoms with van der Waals surface area (Å²) < 4.78 is 43.4. The number of nitrogens with zero attached hydrogens (tertiary/aromatic N) is 2. The number of amides is 1. The van der Waals surface area contributed by atoms with Crippen LogP contribution in [0.5, 0.6) is 5.88 Å². The Bertz CT molecular complexity index is 980. The zero-order valence-electron chi connectivity index (χ0n) is 18.7. The molecule has 4 rings (SSSR count). The van der Waals surface area contributed by atoms with E-state index in [4.69, 9.17) is 4.74 Å². The van der Waals surface area contributed by atoms with Crippen molar-refractivity contribution in [2.24, 2.45) is 0 Å². The lowest BCUT2D eigenvalue weighted by molar-refractivity contribution is -0.149. The van der Waals surface area contributed by atoms with E-state index in [2.05, 4.69) is 21.7 Å². The zero-order chi connectivity index (χ0) is 24.1. The lowest BCUT2D eigenvalue weighted by atomic mass is 9.93. The third-order valence-electron chi connectivity index (χ3n) is 6.27. The highest BCUT2D eigenvalue weighted by Crippen LogP contribution is 2.22. The van der Waals surface area contributed by atoms with E-state index >= 15 is 0 Å². The number of halogens is 3. The molecule has 1 aromatic heterocycles. The number of fused-ring (bicyclic) bond motifs is 1. The number of benzene rings is 1. The normalized spacial score (nSPS) is 20.4. The molecular formula is C24H29F3N4O3. The molecule has 0 bridgehead atoms. The van der Waals surface area contributed by atoms with Crippen LogP contribution < -0.4 is 15.4 Å². The Morgan fingerprint density at radius 2 is 1.97 bits per heavy atom. The molecule has 10 heteroatoms. The molecule has 2 aliphatic rings. The highest BCUT2D eigenvalue weighted by atomic mass is 19.4. The van der Waals surface area contributed by atoms with Crippen molar-refractivity contribution in [2.75, 3.05) is 26.2 Å². The lowest BCUT2D eigenvalue weighted by Crippen LogP contribution is -2.49. The van der Waals surface area contributed by atoms with Gasteiger partial charge in [-0.05, 0) is 36.5 Å². The number of hydrogen-bond acceptors (Lipinski definition) is 6. The van der Waals surface area contributed by atoms with Crippen LogP contribution in [-0.2, 0) is 13.0 Å². The minimum atomic E-state index is -4.21. The van der Waals surface area contributed by atoms with Crippen LogP contribution in [0.4, 0.5) is 13.2 Å². The van der Waals surface area contributed by atoms with Gasteiger partial charge < -0.3 is 20.5 Å². The van der Waals surface area contributed by atoms with Gasteiger partial charge in [0.2, 0.25) is 5.88 Å². The van der Waals surface area contributed by atoms with Gasteiger partial charge in [0.15, 0.2) is 0 Å². The summed E-state index contributed by atoms with van der Waals surface area (Å²) in [5.74, 6) is -0.101. The molecule has 1 saturated heterocycles. The number of pyridine rings is 1. The summed E-state index contributed by atoms with van der Waals surface area (Å²) in [6.45, 7) is 0.438. The molecule has 3 N–H and O–H groups in total. The highest BCUT2D eigenvalue weighted by molar-refractivity contribution is 5.94. The highest BCUT2D eigenvalue weighted by Gasteiger charge is 2.33. The summed E-state index contributed by atoms with van der Waals surface area (Å²) in [5, 5.41) is 16.6. The van der Waals surface area contributed by atoms with E-state index in [9.17, 15) is 23.1 Å². The van der Waals surface area contributed by atoms with Gasteiger partial charge in [0.25, 0.3) is 5.91 Å². The topological polar surface area (TPSA) is 86.7 Å². The number of carbonyl (C=O) groups excluding carboxylic acids is 1. The number of ether oxygens (including phenoxy) is 1. The quantitative estimate of drug-likeness (QED) is 0.566. The predicted octanol–water partition coefficient (Wildman–Crippen LogP) is 2.29. The number of hydrogen-bond donors (Lipinski definition) is 3. The molecule has 2 atom stereocenters. The third kappa shape index (κ3) is 6.68. The average molecular weight is 479 g/mol. The number of likely N-dealkylation sites (tertiary alicyclic amines) is 1. The molecule has 34 heavy (non-hydrogen) atoms. The zero-order valence-corrected chi connectivity index (χ0v) is 18.7. The van der Waals surface area contributed by atoms with Gasteiger partial charge in [-0.25, -0.2) is 4.98 Å². The number of alkyl halides is 3. The molecule has 2 unspecified atom stereocenters. The Morgan fingerprint density at radius 1 is 1.24 bits per heavy atom. The monoisotopic (exact) mass is 478 g/mol. The Hall–Kier alpha value is -2.69. The first kappa shape index (κ1) is 24.4. The molecular weight excluding hydrogens is 449 g/mol. The Morgan fingerprint density at radius 3 is 2.71 bits per heavy atom. The van der Waals surface area contributed by atoms with Crippen molar-refractivity contribution in [3.8, 4) is 5.88 Å². The van der Waals surface area contributed by atoms with Crippen molar-refractivity contribution in [1.29, 1.82) is 0 Å². The number of rotatable bonds is 7. The minimum absolute atomic E-state index is 0.0921. The lowest BCUT2D eigenvalue weighted by Gasteiger charge is -2.32. The number of piperidine rings is 1. The maximum atomic E-state index is 12.6. The predicted molar refractivity (Wildman–Crippen MR) is 119 cm³/mol. The first-order valence-corrected chi connectivity index (χ1v) is 11.4. The van der Waals surface area contributed by atoms with Crippen LogP contribution in [0.3, 0.4) is 0 Å². The Balaban J connectivity index is 1.25. The maximum absolute atomic E-state index is 12.6. The molecule has 2 aliphatic heterocycles. The van der Waals surface area contributed by atoms with Gasteiger partial charge >= 0.3 is 6.18 Å². The Kier molecular flexibility index (Phi) is 7.70. The molecule has 0 saturated carbocycles. The summed E-state index contributed by atoms with van der Waals surface area (Å²) >= 11 is 0. The fourth-order valence-corrected chi connectivity index (χ4v) is 4.42. The van der Waals surface area contributed by atoms with Crippen molar-refractivity contribution in [3.63, 3.8) is 0 Å². The van der Waals surface area contributed by atoms with Crippen LogP contribution in [0, 0.1) is 0 Å². The summed E-state index contributed by atoms with van der Waals surface area (Å²) in [5.41, 5.74) is 2.75. The molecule has 0 spiro atoms. The van der Waals surface area contributed by atoms with Crippen molar-refractivity contribution >= 4 is 5.91 Å². The second-order valence-electron chi connectivity index (χ2n) is 8.83. The first-order valence-electron chi connectivity index (χ1n) is 11.4. The molecule has 7 nitrogen and oxygen atoms in total.